The summed E-state index contributed by atoms with van der Waals surface area (Å²) in [7, 11) is 4.36. The van der Waals surface area contributed by atoms with Gasteiger partial charge in [-0.2, -0.15) is 0 Å². The van der Waals surface area contributed by atoms with Gasteiger partial charge in [0, 0.05) is 10.0 Å². The number of methoxy groups -OCH3 is 3. The number of ether oxygens (including phenoxy) is 4. The van der Waals surface area contributed by atoms with E-state index in [-0.39, 0.29) is 12.2 Å². The fraction of sp³-hybridized carbons (Fsp3) is 0.263. The first-order chi connectivity index (χ1) is 13.4. The van der Waals surface area contributed by atoms with Crippen LogP contribution in [0.1, 0.15) is 15.9 Å². The molecule has 8 nitrogen and oxygen atoms in total. The topological polar surface area (TPSA) is 95.1 Å². The number of carbonyl (C=O) groups is 2. The summed E-state index contributed by atoms with van der Waals surface area (Å²) in [5.74, 6) is 0.503. The number of hydrogen-bond acceptors (Lipinski definition) is 6. The smallest absolute Gasteiger partial charge is 0.276 e. The molecule has 0 aliphatic carbocycles. The fourth-order valence-electron chi connectivity index (χ4n) is 2.30. The third kappa shape index (κ3) is 5.29. The Morgan fingerprint density at radius 3 is 2.14 bits per heavy atom. The average Bonchev–Trinajstić information content (AvgIpc) is 2.71. The molecule has 9 heteroatoms. The number of benzene rings is 2. The summed E-state index contributed by atoms with van der Waals surface area (Å²) in [5.41, 5.74) is 5.81. The molecule has 0 saturated heterocycles. The number of nitrogens with one attached hydrogen (secondary N) is 2. The van der Waals surface area contributed by atoms with E-state index < -0.39 is 11.8 Å². The summed E-state index contributed by atoms with van der Waals surface area (Å²) >= 11 is 3.39. The van der Waals surface area contributed by atoms with Crippen molar-refractivity contribution < 1.29 is 28.5 Å². The van der Waals surface area contributed by atoms with Crippen molar-refractivity contribution in [2.24, 2.45) is 0 Å². The zero-order chi connectivity index (χ0) is 20.7. The van der Waals surface area contributed by atoms with Crippen LogP contribution in [0.2, 0.25) is 0 Å². The van der Waals surface area contributed by atoms with Crippen LogP contribution in [0, 0.1) is 6.92 Å². The molecule has 0 fully saturated rings. The summed E-state index contributed by atoms with van der Waals surface area (Å²) in [4.78, 5) is 24.2. The van der Waals surface area contributed by atoms with Crippen molar-refractivity contribution in [2.45, 2.75) is 6.92 Å². The molecule has 0 saturated carbocycles. The quantitative estimate of drug-likeness (QED) is 0.626. The highest BCUT2D eigenvalue weighted by Gasteiger charge is 2.17. The fourth-order valence-corrected chi connectivity index (χ4v) is 2.55. The monoisotopic (exact) mass is 452 g/mol. The average molecular weight is 453 g/mol. The molecular formula is C19H21BrN2O6. The van der Waals surface area contributed by atoms with E-state index in [1.54, 1.807) is 12.1 Å². The molecule has 0 heterocycles. The maximum absolute atomic E-state index is 12.3. The third-order valence-corrected chi connectivity index (χ3v) is 4.63. The van der Waals surface area contributed by atoms with Gasteiger partial charge in [-0.1, -0.05) is 15.9 Å². The zero-order valence-electron chi connectivity index (χ0n) is 15.9. The van der Waals surface area contributed by atoms with Crippen LogP contribution in [0.4, 0.5) is 0 Å². The van der Waals surface area contributed by atoms with Crippen molar-refractivity contribution in [1.82, 2.24) is 10.9 Å². The molecule has 0 atom stereocenters. The summed E-state index contributed by atoms with van der Waals surface area (Å²) in [6, 6.07) is 8.31. The van der Waals surface area contributed by atoms with Crippen molar-refractivity contribution in [3.8, 4) is 23.0 Å². The Balaban J connectivity index is 1.95. The molecule has 0 aliphatic heterocycles. The Kier molecular flexibility index (Phi) is 7.51. The van der Waals surface area contributed by atoms with E-state index in [1.165, 1.54) is 33.5 Å². The first-order valence-corrected chi connectivity index (χ1v) is 8.97. The largest absolute Gasteiger partial charge is 0.493 e. The lowest BCUT2D eigenvalue weighted by Gasteiger charge is -2.14. The second-order valence-corrected chi connectivity index (χ2v) is 6.47. The highest BCUT2D eigenvalue weighted by molar-refractivity contribution is 9.10. The molecule has 2 aromatic rings. The summed E-state index contributed by atoms with van der Waals surface area (Å²) in [6.45, 7) is 1.66. The summed E-state index contributed by atoms with van der Waals surface area (Å²) in [5, 5.41) is 0. The molecular weight excluding hydrogens is 432 g/mol. The summed E-state index contributed by atoms with van der Waals surface area (Å²) < 4.78 is 22.0. The molecule has 0 aliphatic rings. The van der Waals surface area contributed by atoms with Crippen LogP contribution in [-0.2, 0) is 4.79 Å². The number of halogens is 1. The SMILES string of the molecule is COc1cc(C(=O)NNC(=O)COc2ccc(Br)c(C)c2)cc(OC)c1OC. The number of hydrazine groups is 1. The standard InChI is InChI=1S/C19H21BrN2O6/c1-11-7-13(5-6-14(11)20)28-10-17(23)21-22-19(24)12-8-15(25-2)18(27-4)16(9-12)26-3/h5-9H,10H2,1-4H3,(H,21,23)(H,22,24). The van der Waals surface area contributed by atoms with E-state index in [0.29, 0.717) is 23.0 Å². The number of carbonyl (C=O) groups excluding carboxylic acids is 2. The minimum atomic E-state index is -0.549. The van der Waals surface area contributed by atoms with Gasteiger partial charge >= 0.3 is 0 Å². The van der Waals surface area contributed by atoms with Crippen molar-refractivity contribution in [2.75, 3.05) is 27.9 Å². The predicted molar refractivity (Wildman–Crippen MR) is 106 cm³/mol. The van der Waals surface area contributed by atoms with E-state index in [4.69, 9.17) is 18.9 Å². The second-order valence-electron chi connectivity index (χ2n) is 5.62. The normalized spacial score (nSPS) is 10.0. The van der Waals surface area contributed by atoms with Crippen molar-refractivity contribution in [3.05, 3.63) is 45.9 Å². The molecule has 2 N–H and O–H groups in total. The van der Waals surface area contributed by atoms with Gasteiger partial charge in [0.15, 0.2) is 18.1 Å². The maximum atomic E-state index is 12.3. The van der Waals surface area contributed by atoms with E-state index in [1.807, 2.05) is 13.0 Å². The third-order valence-electron chi connectivity index (χ3n) is 3.74. The zero-order valence-corrected chi connectivity index (χ0v) is 17.5. The van der Waals surface area contributed by atoms with Gasteiger partial charge in [-0.3, -0.25) is 20.4 Å². The number of hydrogen-bond donors (Lipinski definition) is 2. The predicted octanol–water partition coefficient (Wildman–Crippen LogP) is 2.62. The lowest BCUT2D eigenvalue weighted by Crippen LogP contribution is -2.43. The van der Waals surface area contributed by atoms with Crippen LogP contribution in [0.5, 0.6) is 23.0 Å². The molecule has 0 bridgehead atoms. The van der Waals surface area contributed by atoms with Gasteiger partial charge in [-0.05, 0) is 42.8 Å². The van der Waals surface area contributed by atoms with Crippen LogP contribution in [-0.4, -0.2) is 39.8 Å². The van der Waals surface area contributed by atoms with Crippen LogP contribution in [0.3, 0.4) is 0 Å². The molecule has 2 amide bonds. The Labute approximate surface area is 171 Å². The van der Waals surface area contributed by atoms with Crippen LogP contribution in [0.25, 0.3) is 0 Å². The number of rotatable bonds is 7. The highest BCUT2D eigenvalue weighted by Crippen LogP contribution is 2.38. The van der Waals surface area contributed by atoms with Crippen molar-refractivity contribution >= 4 is 27.7 Å². The van der Waals surface area contributed by atoms with E-state index in [9.17, 15) is 9.59 Å². The van der Waals surface area contributed by atoms with E-state index >= 15 is 0 Å². The maximum Gasteiger partial charge on any atom is 0.276 e. The van der Waals surface area contributed by atoms with Gasteiger partial charge in [0.2, 0.25) is 5.75 Å². The minimum absolute atomic E-state index is 0.222. The number of aryl methyl sites for hydroxylation is 1. The van der Waals surface area contributed by atoms with Gasteiger partial charge in [-0.15, -0.1) is 0 Å². The van der Waals surface area contributed by atoms with E-state index in [2.05, 4.69) is 26.8 Å². The minimum Gasteiger partial charge on any atom is -0.493 e. The van der Waals surface area contributed by atoms with Crippen molar-refractivity contribution in [3.63, 3.8) is 0 Å². The molecule has 0 aromatic heterocycles. The molecule has 150 valence electrons. The molecule has 2 rings (SSSR count). The van der Waals surface area contributed by atoms with Gasteiger partial charge in [-0.25, -0.2) is 0 Å². The van der Waals surface area contributed by atoms with E-state index in [0.717, 1.165) is 10.0 Å². The highest BCUT2D eigenvalue weighted by atomic mass is 79.9. The molecule has 2 aromatic carbocycles. The van der Waals surface area contributed by atoms with Crippen molar-refractivity contribution in [1.29, 1.82) is 0 Å². The van der Waals surface area contributed by atoms with Gasteiger partial charge in [0.25, 0.3) is 11.8 Å². The molecule has 28 heavy (non-hydrogen) atoms. The van der Waals surface area contributed by atoms with Gasteiger partial charge < -0.3 is 18.9 Å². The van der Waals surface area contributed by atoms with Gasteiger partial charge in [0.05, 0.1) is 21.3 Å². The lowest BCUT2D eigenvalue weighted by atomic mass is 10.1. The summed E-state index contributed by atoms with van der Waals surface area (Å²) in [6.07, 6.45) is 0. The Hall–Kier alpha value is -2.94. The molecule has 0 radical (unpaired) electrons. The number of amides is 2. The Morgan fingerprint density at radius 2 is 1.61 bits per heavy atom. The lowest BCUT2D eigenvalue weighted by molar-refractivity contribution is -0.123. The molecule has 0 unspecified atom stereocenters. The first kappa shape index (κ1) is 21.4. The van der Waals surface area contributed by atoms with Crippen LogP contribution in [0.15, 0.2) is 34.8 Å². The van der Waals surface area contributed by atoms with Gasteiger partial charge in [0.1, 0.15) is 5.75 Å². The Morgan fingerprint density at radius 1 is 0.964 bits per heavy atom. The van der Waals surface area contributed by atoms with Crippen LogP contribution >= 0.6 is 15.9 Å². The molecule has 0 spiro atoms. The second kappa shape index (κ2) is 9.84. The van der Waals surface area contributed by atoms with Crippen LogP contribution < -0.4 is 29.8 Å². The first-order valence-electron chi connectivity index (χ1n) is 8.17. The Bertz CT molecular complexity index is 846.